The molecule has 1 N–H and O–H groups in total. The molecule has 2 aliphatic rings. The van der Waals surface area contributed by atoms with E-state index in [9.17, 15) is 23.3 Å². The molecule has 52 heavy (non-hydrogen) atoms. The van der Waals surface area contributed by atoms with Crippen molar-refractivity contribution in [3.63, 3.8) is 0 Å². The Morgan fingerprint density at radius 3 is 2.27 bits per heavy atom. The van der Waals surface area contributed by atoms with Crippen LogP contribution in [0.15, 0.2) is 29.6 Å². The summed E-state index contributed by atoms with van der Waals surface area (Å²) in [6.07, 6.45) is 3.02. The molecule has 2 bridgehead atoms. The number of rotatable bonds is 4. The zero-order chi connectivity index (χ0) is 37.5. The minimum absolute atomic E-state index is 0.0541. The van der Waals surface area contributed by atoms with Gasteiger partial charge in [0.1, 0.15) is 38.7 Å². The van der Waals surface area contributed by atoms with Gasteiger partial charge >= 0.3 is 12.2 Å². The van der Waals surface area contributed by atoms with E-state index in [-0.39, 0.29) is 44.0 Å². The number of ether oxygens (including phenoxy) is 2. The fraction of sp³-hybridized carbons (Fsp3) is 0.429. The van der Waals surface area contributed by atoms with E-state index in [0.29, 0.717) is 50.5 Å². The lowest BCUT2D eigenvalue weighted by atomic mass is 10.0. The van der Waals surface area contributed by atoms with Crippen LogP contribution in [0.4, 0.5) is 24.8 Å². The number of hydrogen-bond acceptors (Lipinski definition) is 13. The number of hydrogen-bond donors (Lipinski definition) is 1. The molecule has 2 amide bonds. The predicted molar refractivity (Wildman–Crippen MR) is 198 cm³/mol. The van der Waals surface area contributed by atoms with Gasteiger partial charge in [0.05, 0.1) is 38.1 Å². The highest BCUT2D eigenvalue weighted by Gasteiger charge is 2.45. The number of benzene rings is 1. The van der Waals surface area contributed by atoms with Crippen LogP contribution in [0.1, 0.15) is 59.9 Å². The minimum atomic E-state index is -3.84. The van der Waals surface area contributed by atoms with E-state index in [1.54, 1.807) is 37.9 Å². The summed E-state index contributed by atoms with van der Waals surface area (Å²) in [5.74, 6) is -0.150. The van der Waals surface area contributed by atoms with Crippen molar-refractivity contribution in [3.8, 4) is 17.3 Å². The molecule has 2 saturated heterocycles. The fourth-order valence-electron chi connectivity index (χ4n) is 6.80. The van der Waals surface area contributed by atoms with E-state index in [1.165, 1.54) is 23.5 Å². The third-order valence-electron chi connectivity index (χ3n) is 8.70. The highest BCUT2D eigenvalue weighted by molar-refractivity contribution is 7.90. The summed E-state index contributed by atoms with van der Waals surface area (Å²) in [5.41, 5.74) is -0.528. The Bertz CT molecular complexity index is 2450. The summed E-state index contributed by atoms with van der Waals surface area (Å²) in [6.45, 7) is 11.4. The smallest absolute Gasteiger partial charge is 0.412 e. The van der Waals surface area contributed by atoms with Crippen LogP contribution in [0, 0.1) is 17.1 Å². The molecule has 272 valence electrons. The Kier molecular flexibility index (Phi) is 8.58. The molecule has 0 spiro atoms. The maximum absolute atomic E-state index is 15.4. The number of nitrogens with one attached hydrogen (secondary N) is 1. The predicted octanol–water partition coefficient (Wildman–Crippen LogP) is 7.47. The van der Waals surface area contributed by atoms with Gasteiger partial charge in [-0.25, -0.2) is 32.4 Å². The molecule has 17 heteroatoms. The first-order valence-corrected chi connectivity index (χ1v) is 20.1. The normalized spacial score (nSPS) is 17.9. The van der Waals surface area contributed by atoms with Crippen molar-refractivity contribution in [2.24, 2.45) is 0 Å². The number of sulfone groups is 1. The van der Waals surface area contributed by atoms with Gasteiger partial charge in [-0.15, -0.1) is 22.7 Å². The number of carbonyl (C=O) groups excluding carboxylic acids is 2. The summed E-state index contributed by atoms with van der Waals surface area (Å²) in [5, 5.41) is 14.3. The number of fused-ring (bicyclic) bond motifs is 6. The van der Waals surface area contributed by atoms with Gasteiger partial charge in [0.2, 0.25) is 15.0 Å². The standard InChI is InChI=1S/C35H36FN7O6S3/c1-34(2,3)48-32(44)41-29-21(14-37)23-19(10-11-22(36)27(23)51-29)25-26-20(12-13-38-25)24-28(39-31(52(7,46)47)40-30(24)50-26)42-15-17-8-9-18(16-42)43(17)33(45)49-35(4,5)6/h10-13,17-18H,8-9,15-16H2,1-7H3,(H,41,44). The summed E-state index contributed by atoms with van der Waals surface area (Å²) in [7, 11) is -3.84. The molecule has 2 atom stereocenters. The SMILES string of the molecule is CC(C)(C)OC(=O)Nc1sc2c(F)ccc(-c3nccc4c3sc3nc(S(C)(=O)=O)nc(N5CC6CCC(C5)N6C(=O)OC(C)(C)C)c34)c2c1C#N. The van der Waals surface area contributed by atoms with E-state index < -0.39 is 32.9 Å². The van der Waals surface area contributed by atoms with E-state index in [4.69, 9.17) is 9.47 Å². The average Bonchev–Trinajstić information content (AvgIpc) is 3.67. The molecule has 0 aliphatic carbocycles. The molecule has 2 unspecified atom stereocenters. The first-order valence-electron chi connectivity index (χ1n) is 16.5. The molecular weight excluding hydrogens is 730 g/mol. The zero-order valence-corrected chi connectivity index (χ0v) is 32.0. The van der Waals surface area contributed by atoms with E-state index >= 15 is 4.39 Å². The second-order valence-electron chi connectivity index (χ2n) is 14.9. The van der Waals surface area contributed by atoms with E-state index in [0.717, 1.165) is 30.4 Å². The Labute approximate surface area is 307 Å². The molecule has 0 saturated carbocycles. The lowest BCUT2D eigenvalue weighted by Crippen LogP contribution is -2.57. The van der Waals surface area contributed by atoms with Crippen LogP contribution in [0.3, 0.4) is 0 Å². The molecule has 6 heterocycles. The Balaban J connectivity index is 1.37. The number of anilines is 2. The van der Waals surface area contributed by atoms with Crippen molar-refractivity contribution in [3.05, 3.63) is 35.8 Å². The van der Waals surface area contributed by atoms with Crippen LogP contribution in [-0.4, -0.2) is 83.1 Å². The average molecular weight is 766 g/mol. The van der Waals surface area contributed by atoms with Crippen molar-refractivity contribution in [2.45, 2.75) is 82.8 Å². The van der Waals surface area contributed by atoms with Crippen LogP contribution < -0.4 is 10.2 Å². The van der Waals surface area contributed by atoms with Crippen LogP contribution in [0.25, 0.3) is 41.6 Å². The number of thiophene rings is 2. The Morgan fingerprint density at radius 1 is 0.981 bits per heavy atom. The quantitative estimate of drug-likeness (QED) is 0.180. The molecule has 2 fully saturated rings. The first kappa shape index (κ1) is 35.7. The summed E-state index contributed by atoms with van der Waals surface area (Å²) in [6, 6.07) is 6.42. The number of nitrogens with zero attached hydrogens (tertiary/aromatic N) is 6. The highest BCUT2D eigenvalue weighted by atomic mass is 32.2. The number of carbonyl (C=O) groups is 2. The Morgan fingerprint density at radius 2 is 1.65 bits per heavy atom. The summed E-state index contributed by atoms with van der Waals surface area (Å²) >= 11 is 2.14. The van der Waals surface area contributed by atoms with Gasteiger partial charge in [-0.2, -0.15) is 5.26 Å². The molecule has 1 aromatic carbocycles. The van der Waals surface area contributed by atoms with Crippen molar-refractivity contribution in [1.82, 2.24) is 19.9 Å². The van der Waals surface area contributed by atoms with Gasteiger partial charge in [-0.05, 0) is 72.6 Å². The third kappa shape index (κ3) is 6.47. The van der Waals surface area contributed by atoms with Gasteiger partial charge < -0.3 is 14.4 Å². The maximum atomic E-state index is 15.4. The number of halogens is 1. The third-order valence-corrected chi connectivity index (χ3v) is 11.8. The van der Waals surface area contributed by atoms with Gasteiger partial charge in [0, 0.05) is 41.9 Å². The lowest BCUT2D eigenvalue weighted by Gasteiger charge is -2.42. The van der Waals surface area contributed by atoms with Crippen molar-refractivity contribution >= 4 is 85.9 Å². The van der Waals surface area contributed by atoms with Crippen LogP contribution >= 0.6 is 22.7 Å². The summed E-state index contributed by atoms with van der Waals surface area (Å²) in [4.78, 5) is 43.9. The van der Waals surface area contributed by atoms with Gasteiger partial charge in [-0.1, -0.05) is 0 Å². The van der Waals surface area contributed by atoms with Crippen molar-refractivity contribution < 1.29 is 31.9 Å². The zero-order valence-electron chi connectivity index (χ0n) is 29.5. The number of aromatic nitrogens is 3. The number of piperazine rings is 1. The van der Waals surface area contributed by atoms with Crippen LogP contribution in [0.2, 0.25) is 0 Å². The fourth-order valence-corrected chi connectivity index (χ4v) is 9.60. The van der Waals surface area contributed by atoms with Gasteiger partial charge in [0.15, 0.2) is 0 Å². The number of pyridine rings is 1. The number of nitriles is 1. The topological polar surface area (TPSA) is 168 Å². The monoisotopic (exact) mass is 765 g/mol. The second kappa shape index (κ2) is 12.5. The second-order valence-corrected chi connectivity index (χ2v) is 18.9. The largest absolute Gasteiger partial charge is 0.444 e. The van der Waals surface area contributed by atoms with Crippen LogP contribution in [-0.2, 0) is 19.3 Å². The molecule has 7 rings (SSSR count). The van der Waals surface area contributed by atoms with E-state index in [1.807, 2.05) is 25.7 Å². The van der Waals surface area contributed by atoms with Crippen molar-refractivity contribution in [2.75, 3.05) is 29.6 Å². The molecular formula is C35H36FN7O6S3. The molecule has 13 nitrogen and oxygen atoms in total. The van der Waals surface area contributed by atoms with Crippen molar-refractivity contribution in [1.29, 1.82) is 5.26 Å². The van der Waals surface area contributed by atoms with Gasteiger partial charge in [0.25, 0.3) is 0 Å². The molecule has 4 aromatic heterocycles. The van der Waals surface area contributed by atoms with E-state index in [2.05, 4.69) is 26.3 Å². The minimum Gasteiger partial charge on any atom is -0.444 e. The Hall–Kier alpha value is -4.66. The summed E-state index contributed by atoms with van der Waals surface area (Å²) < 4.78 is 53.1. The molecule has 2 aliphatic heterocycles. The molecule has 5 aromatic rings. The van der Waals surface area contributed by atoms with Crippen LogP contribution in [0.5, 0.6) is 0 Å². The number of amides is 2. The first-order chi connectivity index (χ1) is 24.3. The lowest BCUT2D eigenvalue weighted by molar-refractivity contribution is 0.0122. The maximum Gasteiger partial charge on any atom is 0.412 e. The molecule has 0 radical (unpaired) electrons. The van der Waals surface area contributed by atoms with Gasteiger partial charge in [-0.3, -0.25) is 15.2 Å². The highest BCUT2D eigenvalue weighted by Crippen LogP contribution is 2.47.